The van der Waals surface area contributed by atoms with Gasteiger partial charge in [-0.25, -0.2) is 28.0 Å². The molecule has 2 aliphatic heterocycles. The zero-order chi connectivity index (χ0) is 29.3. The number of carbonyl (C=O) groups is 3. The Hall–Kier alpha value is -3.70. The summed E-state index contributed by atoms with van der Waals surface area (Å²) in [6.07, 6.45) is -0.532. The molecule has 11 heteroatoms. The number of sulfone groups is 1. The van der Waals surface area contributed by atoms with Crippen molar-refractivity contribution in [3.05, 3.63) is 76.3 Å². The summed E-state index contributed by atoms with van der Waals surface area (Å²) >= 11 is 0. The number of carbonyl (C=O) groups excluding carboxylic acids is 3. The molecule has 2 aromatic rings. The molecule has 0 aromatic heterocycles. The van der Waals surface area contributed by atoms with Crippen molar-refractivity contribution in [2.75, 3.05) is 19.7 Å². The Bertz CT molecular complexity index is 1430. The van der Waals surface area contributed by atoms with E-state index in [0.29, 0.717) is 0 Å². The first-order valence-corrected chi connectivity index (χ1v) is 14.6. The van der Waals surface area contributed by atoms with E-state index < -0.39 is 38.9 Å². The normalized spacial score (nSPS) is 19.8. The number of esters is 1. The van der Waals surface area contributed by atoms with Gasteiger partial charge in [-0.2, -0.15) is 0 Å². The van der Waals surface area contributed by atoms with Gasteiger partial charge in [0.15, 0.2) is 5.70 Å². The van der Waals surface area contributed by atoms with Crippen molar-refractivity contribution in [3.63, 3.8) is 0 Å². The molecule has 10 nitrogen and oxygen atoms in total. The Morgan fingerprint density at radius 3 is 2.30 bits per heavy atom. The van der Waals surface area contributed by atoms with E-state index in [-0.39, 0.29) is 48.0 Å². The first-order valence-electron chi connectivity index (χ1n) is 13.1. The molecule has 214 valence electrons. The van der Waals surface area contributed by atoms with Crippen LogP contribution in [-0.2, 0) is 35.3 Å². The van der Waals surface area contributed by atoms with Crippen LogP contribution in [0.25, 0.3) is 0 Å². The van der Waals surface area contributed by atoms with Crippen molar-refractivity contribution < 1.29 is 32.3 Å². The molecule has 0 saturated carbocycles. The zero-order valence-corrected chi connectivity index (χ0v) is 24.2. The highest BCUT2D eigenvalue weighted by Gasteiger charge is 2.55. The van der Waals surface area contributed by atoms with Gasteiger partial charge in [0, 0.05) is 13.0 Å². The van der Waals surface area contributed by atoms with Crippen molar-refractivity contribution in [1.29, 1.82) is 0 Å². The van der Waals surface area contributed by atoms with Gasteiger partial charge in [0.1, 0.15) is 11.1 Å². The summed E-state index contributed by atoms with van der Waals surface area (Å²) in [4.78, 5) is 40.5. The van der Waals surface area contributed by atoms with Crippen molar-refractivity contribution >= 4 is 27.8 Å². The summed E-state index contributed by atoms with van der Waals surface area (Å²) in [5.41, 5.74) is -1.05. The monoisotopic (exact) mass is 569 g/mol. The van der Waals surface area contributed by atoms with E-state index in [1.165, 1.54) is 17.1 Å². The Balaban J connectivity index is 1.82. The fourth-order valence-electron chi connectivity index (χ4n) is 4.85. The first-order chi connectivity index (χ1) is 18.8. The number of ether oxygens (including phenoxy) is 2. The molecule has 40 heavy (non-hydrogen) atoms. The fourth-order valence-corrected chi connectivity index (χ4v) is 6.37. The summed E-state index contributed by atoms with van der Waals surface area (Å²) in [5.74, 6) is -1.58. The van der Waals surface area contributed by atoms with Crippen molar-refractivity contribution in [2.45, 2.75) is 63.5 Å². The second-order valence-corrected chi connectivity index (χ2v) is 12.9. The highest BCUT2D eigenvalue weighted by molar-refractivity contribution is 7.95. The van der Waals surface area contributed by atoms with Gasteiger partial charge in [-0.05, 0) is 58.7 Å². The van der Waals surface area contributed by atoms with Crippen LogP contribution in [0.15, 0.2) is 70.1 Å². The van der Waals surface area contributed by atoms with E-state index in [0.717, 1.165) is 16.1 Å². The van der Waals surface area contributed by atoms with Crippen molar-refractivity contribution in [2.24, 2.45) is 0 Å². The SMILES string of the molecule is CCOC(=O)C1=C(S(=O)(=O)c2ccc(C)cc2)CN2CCC(Cc3ccccc3)(NC(=O)OC(C)(C)C)C(=O)N12. The number of alkyl carbamates (subject to hydrolysis) is 1. The van der Waals surface area contributed by atoms with Crippen LogP contribution in [-0.4, -0.2) is 67.2 Å². The molecule has 1 atom stereocenters. The number of rotatable bonds is 7. The minimum atomic E-state index is -4.16. The number of nitrogens with one attached hydrogen (secondary N) is 1. The Morgan fingerprint density at radius 2 is 1.70 bits per heavy atom. The molecule has 2 aliphatic rings. The first kappa shape index (κ1) is 29.3. The minimum absolute atomic E-state index is 0.00539. The lowest BCUT2D eigenvalue weighted by Gasteiger charge is -2.45. The van der Waals surface area contributed by atoms with Gasteiger partial charge in [0.25, 0.3) is 5.91 Å². The summed E-state index contributed by atoms with van der Waals surface area (Å²) in [6, 6.07) is 15.4. The van der Waals surface area contributed by atoms with Gasteiger partial charge < -0.3 is 14.8 Å². The number of nitrogens with zero attached hydrogens (tertiary/aromatic N) is 2. The van der Waals surface area contributed by atoms with Crippen LogP contribution in [0.5, 0.6) is 0 Å². The molecule has 1 unspecified atom stereocenters. The van der Waals surface area contributed by atoms with Crippen molar-refractivity contribution in [1.82, 2.24) is 15.3 Å². The van der Waals surface area contributed by atoms with Gasteiger partial charge >= 0.3 is 12.1 Å². The molecule has 1 saturated heterocycles. The van der Waals surface area contributed by atoms with Crippen LogP contribution in [0.4, 0.5) is 4.79 Å². The van der Waals surface area contributed by atoms with Crippen LogP contribution >= 0.6 is 0 Å². The van der Waals surface area contributed by atoms with Gasteiger partial charge in [0.05, 0.1) is 23.0 Å². The summed E-state index contributed by atoms with van der Waals surface area (Å²) in [6.45, 7) is 8.55. The molecule has 4 rings (SSSR count). The number of hydrazine groups is 1. The van der Waals surface area contributed by atoms with E-state index in [9.17, 15) is 22.8 Å². The highest BCUT2D eigenvalue weighted by Crippen LogP contribution is 2.38. The average Bonchev–Trinajstić information content (AvgIpc) is 3.27. The third-order valence-corrected chi connectivity index (χ3v) is 8.56. The van der Waals surface area contributed by atoms with Crippen LogP contribution in [0.3, 0.4) is 0 Å². The molecule has 0 radical (unpaired) electrons. The fraction of sp³-hybridized carbons (Fsp3) is 0.414. The second kappa shape index (κ2) is 11.1. The van der Waals surface area contributed by atoms with Crippen LogP contribution < -0.4 is 5.32 Å². The quantitative estimate of drug-likeness (QED) is 0.503. The number of amides is 2. The molecular weight excluding hydrogens is 534 g/mol. The van der Waals surface area contributed by atoms with Gasteiger partial charge in [-0.15, -0.1) is 0 Å². The lowest BCUT2D eigenvalue weighted by molar-refractivity contribution is -0.162. The topological polar surface area (TPSA) is 122 Å². The third kappa shape index (κ3) is 5.90. The molecule has 2 heterocycles. The van der Waals surface area contributed by atoms with E-state index in [4.69, 9.17) is 9.47 Å². The van der Waals surface area contributed by atoms with Gasteiger partial charge in [-0.1, -0.05) is 48.0 Å². The van der Waals surface area contributed by atoms with Crippen LogP contribution in [0, 0.1) is 6.92 Å². The predicted octanol–water partition coefficient (Wildman–Crippen LogP) is 3.51. The van der Waals surface area contributed by atoms with E-state index in [1.54, 1.807) is 39.8 Å². The lowest BCUT2D eigenvalue weighted by Crippen LogP contribution is -2.68. The Morgan fingerprint density at radius 1 is 1.05 bits per heavy atom. The molecule has 1 fully saturated rings. The molecule has 0 spiro atoms. The zero-order valence-electron chi connectivity index (χ0n) is 23.4. The van der Waals surface area contributed by atoms with E-state index in [2.05, 4.69) is 5.32 Å². The van der Waals surface area contributed by atoms with E-state index >= 15 is 0 Å². The number of hydrogen-bond acceptors (Lipinski definition) is 8. The second-order valence-electron chi connectivity index (χ2n) is 10.9. The van der Waals surface area contributed by atoms with Crippen LogP contribution in [0.1, 0.15) is 45.2 Å². The largest absolute Gasteiger partial charge is 0.461 e. The van der Waals surface area contributed by atoms with Gasteiger partial charge in [0.2, 0.25) is 9.84 Å². The number of fused-ring (bicyclic) bond motifs is 1. The molecular formula is C29H35N3O7S. The number of aryl methyl sites for hydroxylation is 1. The maximum absolute atomic E-state index is 14.4. The van der Waals surface area contributed by atoms with Crippen LogP contribution in [0.2, 0.25) is 0 Å². The molecule has 2 amide bonds. The standard InChI is InChI=1S/C29H35N3O7S/c1-6-38-25(33)24-23(40(36,37)22-14-12-20(2)13-15-22)19-31-17-16-29(26(34)32(24)31,18-21-10-8-7-9-11-21)30-27(35)39-28(3,4)5/h7-15H,6,16-19H2,1-5H3,(H,30,35). The molecule has 2 aromatic carbocycles. The average molecular weight is 570 g/mol. The lowest BCUT2D eigenvalue weighted by atomic mass is 9.84. The molecule has 0 bridgehead atoms. The van der Waals surface area contributed by atoms with Gasteiger partial charge in [-0.3, -0.25) is 4.79 Å². The highest BCUT2D eigenvalue weighted by atomic mass is 32.2. The minimum Gasteiger partial charge on any atom is -0.461 e. The Kier molecular flexibility index (Phi) is 8.09. The maximum Gasteiger partial charge on any atom is 0.408 e. The Labute approximate surface area is 234 Å². The third-order valence-electron chi connectivity index (χ3n) is 6.70. The maximum atomic E-state index is 14.4. The smallest absolute Gasteiger partial charge is 0.408 e. The van der Waals surface area contributed by atoms with Crippen molar-refractivity contribution in [3.8, 4) is 0 Å². The van der Waals surface area contributed by atoms with E-state index in [1.807, 2.05) is 37.3 Å². The summed E-state index contributed by atoms with van der Waals surface area (Å²) < 4.78 is 38.3. The predicted molar refractivity (Wildman–Crippen MR) is 147 cm³/mol. The molecule has 1 N–H and O–H groups in total. The number of benzene rings is 2. The summed E-state index contributed by atoms with van der Waals surface area (Å²) in [5, 5.41) is 5.36. The molecule has 0 aliphatic carbocycles. The number of hydrogen-bond donors (Lipinski definition) is 1. The summed E-state index contributed by atoms with van der Waals surface area (Å²) in [7, 11) is -4.16.